The number of nitrogens with one attached hydrogen (secondary N) is 1. The van der Waals surface area contributed by atoms with Crippen LogP contribution in [0.4, 0.5) is 10.2 Å². The molecule has 18 heavy (non-hydrogen) atoms. The Morgan fingerprint density at radius 3 is 2.78 bits per heavy atom. The van der Waals surface area contributed by atoms with Crippen molar-refractivity contribution in [3.8, 4) is 0 Å². The second-order valence-electron chi connectivity index (χ2n) is 4.01. The van der Waals surface area contributed by atoms with E-state index in [9.17, 15) is 4.39 Å². The van der Waals surface area contributed by atoms with E-state index in [0.717, 1.165) is 5.76 Å². The Morgan fingerprint density at radius 2 is 2.17 bits per heavy atom. The molecule has 0 aliphatic carbocycles. The highest BCUT2D eigenvalue weighted by atomic mass is 19.1. The van der Waals surface area contributed by atoms with Gasteiger partial charge in [0.25, 0.3) is 0 Å². The second-order valence-corrected chi connectivity index (χ2v) is 4.01. The predicted molar refractivity (Wildman–Crippen MR) is 64.6 cm³/mol. The van der Waals surface area contributed by atoms with Crippen LogP contribution in [0.25, 0.3) is 0 Å². The van der Waals surface area contributed by atoms with Crippen molar-refractivity contribution < 1.29 is 8.81 Å². The third-order valence-corrected chi connectivity index (χ3v) is 2.56. The van der Waals surface area contributed by atoms with Crippen molar-refractivity contribution in [3.05, 3.63) is 35.7 Å². The van der Waals surface area contributed by atoms with Crippen LogP contribution >= 0.6 is 0 Å². The lowest BCUT2D eigenvalue weighted by Crippen LogP contribution is -2.11. The van der Waals surface area contributed by atoms with Gasteiger partial charge in [-0.25, -0.2) is 19.3 Å². The lowest BCUT2D eigenvalue weighted by atomic mass is 10.3. The summed E-state index contributed by atoms with van der Waals surface area (Å²) in [5, 5.41) is 2.93. The van der Waals surface area contributed by atoms with Crippen LogP contribution in [0, 0.1) is 12.7 Å². The Morgan fingerprint density at radius 1 is 1.39 bits per heavy atom. The van der Waals surface area contributed by atoms with Crippen molar-refractivity contribution >= 4 is 5.82 Å². The highest BCUT2D eigenvalue weighted by Crippen LogP contribution is 2.20. The Hall–Kier alpha value is -1.98. The van der Waals surface area contributed by atoms with Crippen LogP contribution in [0.2, 0.25) is 0 Å². The number of aromatic nitrogens is 3. The highest BCUT2D eigenvalue weighted by Gasteiger charge is 2.16. The molecule has 0 aliphatic rings. The topological polar surface area (TPSA) is 63.8 Å². The molecule has 2 heterocycles. The maximum atomic E-state index is 13.9. The minimum Gasteiger partial charge on any atom is -0.444 e. The summed E-state index contributed by atoms with van der Waals surface area (Å²) in [5.41, 5.74) is 0.392. The molecular weight excluding hydrogens is 235 g/mol. The van der Waals surface area contributed by atoms with Crippen molar-refractivity contribution in [1.82, 2.24) is 15.0 Å². The summed E-state index contributed by atoms with van der Waals surface area (Å²) >= 11 is 0. The molecule has 0 spiro atoms. The minimum atomic E-state index is -0.421. The molecule has 2 aromatic rings. The zero-order valence-electron chi connectivity index (χ0n) is 10.6. The maximum absolute atomic E-state index is 13.9. The number of hydrogen-bond acceptors (Lipinski definition) is 5. The molecule has 2 rings (SSSR count). The SMILES string of the molecule is CCc1ncnc(NC(C)c2ncc(C)o2)c1F. The maximum Gasteiger partial charge on any atom is 0.216 e. The molecule has 0 radical (unpaired) electrons. The monoisotopic (exact) mass is 250 g/mol. The van der Waals surface area contributed by atoms with Gasteiger partial charge in [-0.15, -0.1) is 0 Å². The number of oxazole rings is 1. The first-order valence-electron chi connectivity index (χ1n) is 5.80. The summed E-state index contributed by atoms with van der Waals surface area (Å²) in [4.78, 5) is 11.9. The molecule has 1 N–H and O–H groups in total. The Bertz CT molecular complexity index is 541. The van der Waals surface area contributed by atoms with Crippen LogP contribution in [0.1, 0.15) is 37.2 Å². The first-order valence-corrected chi connectivity index (χ1v) is 5.80. The Balaban J connectivity index is 2.19. The van der Waals surface area contributed by atoms with Crippen molar-refractivity contribution in [3.63, 3.8) is 0 Å². The van der Waals surface area contributed by atoms with Gasteiger partial charge in [0.2, 0.25) is 5.89 Å². The van der Waals surface area contributed by atoms with Crippen molar-refractivity contribution in [2.75, 3.05) is 5.32 Å². The number of aryl methyl sites for hydroxylation is 2. The fraction of sp³-hybridized carbons (Fsp3) is 0.417. The van der Waals surface area contributed by atoms with E-state index >= 15 is 0 Å². The standard InChI is InChI=1S/C12H15FN4O/c1-4-9-10(13)11(16-6-15-9)17-8(3)12-14-5-7(2)18-12/h5-6,8H,4H2,1-3H3,(H,15,16,17). The van der Waals surface area contributed by atoms with E-state index in [1.165, 1.54) is 6.33 Å². The molecule has 1 atom stereocenters. The molecule has 96 valence electrons. The summed E-state index contributed by atoms with van der Waals surface area (Å²) in [6, 6.07) is -0.257. The average Bonchev–Trinajstić information content (AvgIpc) is 2.78. The molecule has 0 saturated carbocycles. The van der Waals surface area contributed by atoms with Gasteiger partial charge in [-0.2, -0.15) is 0 Å². The van der Waals surface area contributed by atoms with E-state index < -0.39 is 5.82 Å². The van der Waals surface area contributed by atoms with Crippen molar-refractivity contribution in [2.45, 2.75) is 33.2 Å². The molecule has 1 unspecified atom stereocenters. The van der Waals surface area contributed by atoms with E-state index in [1.807, 2.05) is 20.8 Å². The molecule has 0 fully saturated rings. The Labute approximate surface area is 104 Å². The second kappa shape index (κ2) is 5.12. The van der Waals surface area contributed by atoms with Crippen LogP contribution in [-0.2, 0) is 6.42 Å². The zero-order valence-corrected chi connectivity index (χ0v) is 10.6. The number of halogens is 1. The van der Waals surface area contributed by atoms with Crippen LogP contribution in [-0.4, -0.2) is 15.0 Å². The van der Waals surface area contributed by atoms with Crippen molar-refractivity contribution in [2.24, 2.45) is 0 Å². The third-order valence-electron chi connectivity index (χ3n) is 2.56. The predicted octanol–water partition coefficient (Wildman–Crippen LogP) is 2.65. The smallest absolute Gasteiger partial charge is 0.216 e. The van der Waals surface area contributed by atoms with Gasteiger partial charge in [0.1, 0.15) is 18.1 Å². The molecule has 5 nitrogen and oxygen atoms in total. The van der Waals surface area contributed by atoms with E-state index in [2.05, 4.69) is 20.3 Å². The summed E-state index contributed by atoms with van der Waals surface area (Å²) in [6.07, 6.45) is 3.49. The zero-order chi connectivity index (χ0) is 13.1. The van der Waals surface area contributed by atoms with Gasteiger partial charge >= 0.3 is 0 Å². The molecule has 0 bridgehead atoms. The molecule has 6 heteroatoms. The first-order chi connectivity index (χ1) is 8.61. The first kappa shape index (κ1) is 12.5. The Kier molecular flexibility index (Phi) is 3.55. The van der Waals surface area contributed by atoms with Crippen LogP contribution < -0.4 is 5.32 Å². The molecule has 0 aromatic carbocycles. The molecule has 0 amide bonds. The summed E-state index contributed by atoms with van der Waals surface area (Å²) in [6.45, 7) is 5.48. The molecule has 0 aliphatic heterocycles. The fourth-order valence-corrected chi connectivity index (χ4v) is 1.59. The van der Waals surface area contributed by atoms with Gasteiger partial charge in [-0.05, 0) is 20.3 Å². The number of rotatable bonds is 4. The summed E-state index contributed by atoms with van der Waals surface area (Å²) < 4.78 is 19.3. The van der Waals surface area contributed by atoms with E-state index in [-0.39, 0.29) is 11.9 Å². The largest absolute Gasteiger partial charge is 0.444 e. The van der Waals surface area contributed by atoms with E-state index in [0.29, 0.717) is 18.0 Å². The van der Waals surface area contributed by atoms with Gasteiger partial charge < -0.3 is 9.73 Å². The van der Waals surface area contributed by atoms with Gasteiger partial charge in [0.15, 0.2) is 11.6 Å². The molecule has 0 saturated heterocycles. The summed E-state index contributed by atoms with van der Waals surface area (Å²) in [5.74, 6) is 0.972. The number of anilines is 1. The third kappa shape index (κ3) is 2.47. The average molecular weight is 250 g/mol. The van der Waals surface area contributed by atoms with E-state index in [4.69, 9.17) is 4.42 Å². The van der Waals surface area contributed by atoms with Gasteiger partial charge in [-0.3, -0.25) is 0 Å². The van der Waals surface area contributed by atoms with Gasteiger partial charge in [-0.1, -0.05) is 6.92 Å². The molecular formula is C12H15FN4O. The number of nitrogens with zero attached hydrogens (tertiary/aromatic N) is 3. The van der Waals surface area contributed by atoms with E-state index in [1.54, 1.807) is 6.20 Å². The van der Waals surface area contributed by atoms with Gasteiger partial charge in [0, 0.05) is 0 Å². The lowest BCUT2D eigenvalue weighted by molar-refractivity contribution is 0.452. The number of hydrogen-bond donors (Lipinski definition) is 1. The normalized spacial score (nSPS) is 12.4. The fourth-order valence-electron chi connectivity index (χ4n) is 1.59. The van der Waals surface area contributed by atoms with Gasteiger partial charge in [0.05, 0.1) is 11.9 Å². The minimum absolute atomic E-state index is 0.171. The van der Waals surface area contributed by atoms with Crippen LogP contribution in [0.5, 0.6) is 0 Å². The molecule has 2 aromatic heterocycles. The lowest BCUT2D eigenvalue weighted by Gasteiger charge is -2.12. The van der Waals surface area contributed by atoms with Crippen LogP contribution in [0.3, 0.4) is 0 Å². The highest BCUT2D eigenvalue weighted by molar-refractivity contribution is 5.38. The van der Waals surface area contributed by atoms with Crippen LogP contribution in [0.15, 0.2) is 16.9 Å². The summed E-state index contributed by atoms with van der Waals surface area (Å²) in [7, 11) is 0. The van der Waals surface area contributed by atoms with Crippen molar-refractivity contribution in [1.29, 1.82) is 0 Å². The quantitative estimate of drug-likeness (QED) is 0.903.